The molecule has 1 aliphatic heterocycles. The summed E-state index contributed by atoms with van der Waals surface area (Å²) in [6.45, 7) is 5.00. The molecule has 6 heteroatoms. The highest BCUT2D eigenvalue weighted by Crippen LogP contribution is 2.26. The van der Waals surface area contributed by atoms with E-state index >= 15 is 0 Å². The lowest BCUT2D eigenvalue weighted by Gasteiger charge is -2.08. The topological polar surface area (TPSA) is 47.9 Å². The van der Waals surface area contributed by atoms with E-state index in [9.17, 15) is 4.79 Å². The van der Waals surface area contributed by atoms with Gasteiger partial charge in [0.1, 0.15) is 5.75 Å². The maximum absolute atomic E-state index is 12.1. The molecule has 4 nitrogen and oxygen atoms in total. The number of carbonyl (C=O) groups excluding carboxylic acids is 1. The number of aliphatic imine (C=N–C) groups is 1. The second-order valence-corrected chi connectivity index (χ2v) is 7.38. The molecule has 0 saturated carbocycles. The van der Waals surface area contributed by atoms with Crippen LogP contribution in [0.4, 0.5) is 0 Å². The molecular formula is C21H19Cl2NO3. The van der Waals surface area contributed by atoms with Crippen molar-refractivity contribution in [1.82, 2.24) is 0 Å². The molecule has 1 heterocycles. The monoisotopic (exact) mass is 403 g/mol. The van der Waals surface area contributed by atoms with Gasteiger partial charge in [-0.25, -0.2) is 9.79 Å². The van der Waals surface area contributed by atoms with Gasteiger partial charge in [0.15, 0.2) is 5.70 Å². The summed E-state index contributed by atoms with van der Waals surface area (Å²) in [6, 6.07) is 12.4. The van der Waals surface area contributed by atoms with Gasteiger partial charge >= 0.3 is 5.97 Å². The molecule has 0 bridgehead atoms. The van der Waals surface area contributed by atoms with Crippen LogP contribution in [-0.2, 0) is 9.53 Å². The quantitative estimate of drug-likeness (QED) is 0.454. The second-order valence-electron chi connectivity index (χ2n) is 6.56. The first-order valence-corrected chi connectivity index (χ1v) is 9.39. The van der Waals surface area contributed by atoms with E-state index in [-0.39, 0.29) is 11.6 Å². The maximum Gasteiger partial charge on any atom is 0.363 e. The highest BCUT2D eigenvalue weighted by atomic mass is 35.5. The van der Waals surface area contributed by atoms with Crippen LogP contribution in [0.15, 0.2) is 53.2 Å². The molecule has 0 radical (unpaired) electrons. The van der Waals surface area contributed by atoms with Crippen LogP contribution in [0.2, 0.25) is 10.0 Å². The van der Waals surface area contributed by atoms with Gasteiger partial charge in [-0.3, -0.25) is 0 Å². The zero-order valence-corrected chi connectivity index (χ0v) is 16.6. The van der Waals surface area contributed by atoms with Crippen LogP contribution in [-0.4, -0.2) is 18.5 Å². The molecule has 2 aromatic rings. The Kier molecular flexibility index (Phi) is 6.19. The van der Waals surface area contributed by atoms with Crippen molar-refractivity contribution in [3.63, 3.8) is 0 Å². The normalized spacial score (nSPS) is 15.2. The van der Waals surface area contributed by atoms with Crippen LogP contribution in [0.5, 0.6) is 5.75 Å². The van der Waals surface area contributed by atoms with Gasteiger partial charge in [0, 0.05) is 5.56 Å². The number of halogens is 2. The summed E-state index contributed by atoms with van der Waals surface area (Å²) in [4.78, 5) is 16.4. The minimum absolute atomic E-state index is 0.207. The maximum atomic E-state index is 12.1. The molecule has 0 atom stereocenters. The first kappa shape index (κ1) is 19.5. The molecule has 0 unspecified atom stereocenters. The summed E-state index contributed by atoms with van der Waals surface area (Å²) in [5, 5.41) is 0.801. The van der Waals surface area contributed by atoms with Crippen molar-refractivity contribution in [3.05, 3.63) is 69.3 Å². The largest absolute Gasteiger partial charge is 0.494 e. The van der Waals surface area contributed by atoms with Crippen LogP contribution in [0, 0.1) is 5.92 Å². The number of nitrogens with zero attached hydrogens (tertiary/aromatic N) is 1. The standard InChI is InChI=1S/C21H19Cl2NO3/c1-13(2)9-10-26-16-6-3-14(4-7-16)11-19-21(25)27-20(24-19)15-5-8-17(22)18(23)12-15/h3-8,11-13H,9-10H2,1-2H3/b19-11-. The van der Waals surface area contributed by atoms with Gasteiger partial charge in [0.05, 0.1) is 16.7 Å². The van der Waals surface area contributed by atoms with Crippen molar-refractivity contribution >= 4 is 41.1 Å². The van der Waals surface area contributed by atoms with E-state index in [2.05, 4.69) is 18.8 Å². The van der Waals surface area contributed by atoms with E-state index in [1.54, 1.807) is 24.3 Å². The third-order valence-electron chi connectivity index (χ3n) is 3.93. The Hall–Kier alpha value is -2.30. The third kappa shape index (κ3) is 5.12. The number of rotatable bonds is 6. The fourth-order valence-electron chi connectivity index (χ4n) is 2.39. The van der Waals surface area contributed by atoms with E-state index in [1.165, 1.54) is 0 Å². The minimum Gasteiger partial charge on any atom is -0.494 e. The Labute approximate surface area is 168 Å². The summed E-state index contributed by atoms with van der Waals surface area (Å²) in [7, 11) is 0. The van der Waals surface area contributed by atoms with Crippen LogP contribution in [0.3, 0.4) is 0 Å². The van der Waals surface area contributed by atoms with Crippen molar-refractivity contribution in [2.45, 2.75) is 20.3 Å². The fraction of sp³-hybridized carbons (Fsp3) is 0.238. The van der Waals surface area contributed by atoms with E-state index in [4.69, 9.17) is 32.7 Å². The minimum atomic E-state index is -0.506. The van der Waals surface area contributed by atoms with Crippen LogP contribution in [0.1, 0.15) is 31.4 Å². The Morgan fingerprint density at radius 3 is 2.52 bits per heavy atom. The lowest BCUT2D eigenvalue weighted by atomic mass is 10.1. The summed E-state index contributed by atoms with van der Waals surface area (Å²) < 4.78 is 10.9. The zero-order valence-electron chi connectivity index (χ0n) is 15.0. The zero-order chi connectivity index (χ0) is 19.4. The number of cyclic esters (lactones) is 1. The highest BCUT2D eigenvalue weighted by Gasteiger charge is 2.24. The lowest BCUT2D eigenvalue weighted by Crippen LogP contribution is -2.05. The first-order chi connectivity index (χ1) is 12.9. The van der Waals surface area contributed by atoms with Crippen LogP contribution < -0.4 is 4.74 Å². The molecule has 0 amide bonds. The van der Waals surface area contributed by atoms with E-state index in [0.717, 1.165) is 17.7 Å². The number of carbonyl (C=O) groups is 1. The van der Waals surface area contributed by atoms with Crippen molar-refractivity contribution < 1.29 is 14.3 Å². The molecule has 0 saturated heterocycles. The van der Waals surface area contributed by atoms with Crippen molar-refractivity contribution in [2.24, 2.45) is 10.9 Å². The predicted molar refractivity (Wildman–Crippen MR) is 108 cm³/mol. The van der Waals surface area contributed by atoms with Crippen LogP contribution in [0.25, 0.3) is 6.08 Å². The molecule has 0 aliphatic carbocycles. The van der Waals surface area contributed by atoms with E-state index in [0.29, 0.717) is 28.1 Å². The second kappa shape index (κ2) is 8.59. The molecule has 0 spiro atoms. The number of hydrogen-bond donors (Lipinski definition) is 0. The number of hydrogen-bond acceptors (Lipinski definition) is 4. The molecule has 0 fully saturated rings. The SMILES string of the molecule is CC(C)CCOc1ccc(/C=C2\N=C(c3ccc(Cl)c(Cl)c3)OC2=O)cc1. The number of ether oxygens (including phenoxy) is 2. The molecule has 2 aromatic carbocycles. The Bertz CT molecular complexity index is 902. The Morgan fingerprint density at radius 1 is 1.11 bits per heavy atom. The number of esters is 1. The summed E-state index contributed by atoms with van der Waals surface area (Å²) >= 11 is 11.9. The Morgan fingerprint density at radius 2 is 1.85 bits per heavy atom. The smallest absolute Gasteiger partial charge is 0.363 e. The average Bonchev–Trinajstić information content (AvgIpc) is 2.99. The average molecular weight is 404 g/mol. The van der Waals surface area contributed by atoms with E-state index < -0.39 is 5.97 Å². The Balaban J connectivity index is 1.73. The molecule has 0 aromatic heterocycles. The van der Waals surface area contributed by atoms with E-state index in [1.807, 2.05) is 24.3 Å². The summed E-state index contributed by atoms with van der Waals surface area (Å²) in [5.74, 6) is 1.10. The lowest BCUT2D eigenvalue weighted by molar-refractivity contribution is -0.129. The van der Waals surface area contributed by atoms with Crippen molar-refractivity contribution in [1.29, 1.82) is 0 Å². The molecule has 0 N–H and O–H groups in total. The van der Waals surface area contributed by atoms with Crippen LogP contribution >= 0.6 is 23.2 Å². The number of benzene rings is 2. The first-order valence-electron chi connectivity index (χ1n) is 8.63. The fourth-order valence-corrected chi connectivity index (χ4v) is 2.69. The third-order valence-corrected chi connectivity index (χ3v) is 4.67. The molecular weight excluding hydrogens is 385 g/mol. The molecule has 27 heavy (non-hydrogen) atoms. The van der Waals surface area contributed by atoms with Gasteiger partial charge in [0.25, 0.3) is 0 Å². The molecule has 1 aliphatic rings. The summed E-state index contributed by atoms with van der Waals surface area (Å²) in [5.41, 5.74) is 1.65. The van der Waals surface area contributed by atoms with Gasteiger partial charge in [-0.15, -0.1) is 0 Å². The molecule has 3 rings (SSSR count). The van der Waals surface area contributed by atoms with Gasteiger partial charge in [-0.05, 0) is 54.3 Å². The van der Waals surface area contributed by atoms with Gasteiger partial charge in [-0.2, -0.15) is 0 Å². The highest BCUT2D eigenvalue weighted by molar-refractivity contribution is 6.42. The molecule has 140 valence electrons. The predicted octanol–water partition coefficient (Wildman–Crippen LogP) is 5.76. The van der Waals surface area contributed by atoms with Gasteiger partial charge in [-0.1, -0.05) is 49.2 Å². The van der Waals surface area contributed by atoms with Gasteiger partial charge < -0.3 is 9.47 Å². The summed E-state index contributed by atoms with van der Waals surface area (Å²) in [6.07, 6.45) is 2.68. The van der Waals surface area contributed by atoms with Crippen molar-refractivity contribution in [2.75, 3.05) is 6.61 Å². The van der Waals surface area contributed by atoms with Crippen molar-refractivity contribution in [3.8, 4) is 5.75 Å². The van der Waals surface area contributed by atoms with Gasteiger partial charge in [0.2, 0.25) is 5.90 Å².